The molecule has 1 aliphatic heterocycles. The molecule has 8 heteroatoms. The van der Waals surface area contributed by atoms with Crippen molar-refractivity contribution in [2.24, 2.45) is 0 Å². The van der Waals surface area contributed by atoms with Crippen LogP contribution in [0.15, 0.2) is 73.1 Å². The van der Waals surface area contributed by atoms with E-state index in [4.69, 9.17) is 11.6 Å². The van der Waals surface area contributed by atoms with E-state index in [9.17, 15) is 4.79 Å². The van der Waals surface area contributed by atoms with Crippen LogP contribution in [0.3, 0.4) is 0 Å². The molecule has 4 aromatic rings. The molecule has 2 aromatic carbocycles. The van der Waals surface area contributed by atoms with Crippen LogP contribution >= 0.6 is 11.6 Å². The van der Waals surface area contributed by atoms with Crippen LogP contribution in [0.2, 0.25) is 5.02 Å². The van der Waals surface area contributed by atoms with E-state index in [0.29, 0.717) is 11.4 Å². The second kappa shape index (κ2) is 8.80. The highest BCUT2D eigenvalue weighted by molar-refractivity contribution is 6.33. The van der Waals surface area contributed by atoms with E-state index in [1.807, 2.05) is 48.5 Å². The molecule has 1 saturated heterocycles. The molecule has 5 rings (SSSR count). The van der Waals surface area contributed by atoms with Gasteiger partial charge in [0, 0.05) is 43.1 Å². The van der Waals surface area contributed by atoms with E-state index in [2.05, 4.69) is 30.3 Å². The zero-order valence-electron chi connectivity index (χ0n) is 17.3. The summed E-state index contributed by atoms with van der Waals surface area (Å²) < 4.78 is 0. The fourth-order valence-electron chi connectivity index (χ4n) is 3.99. The predicted octanol–water partition coefficient (Wildman–Crippen LogP) is 4.26. The third kappa shape index (κ3) is 3.94. The van der Waals surface area contributed by atoms with Gasteiger partial charge in [-0.25, -0.2) is 0 Å². The summed E-state index contributed by atoms with van der Waals surface area (Å²) in [5, 5.41) is 14.1. The van der Waals surface area contributed by atoms with Crippen molar-refractivity contribution in [3.63, 3.8) is 0 Å². The van der Waals surface area contributed by atoms with Crippen molar-refractivity contribution in [1.29, 1.82) is 0 Å². The number of nitrogens with one attached hydrogen (secondary N) is 1. The Morgan fingerprint density at radius 3 is 2.31 bits per heavy atom. The number of piperazine rings is 1. The van der Waals surface area contributed by atoms with Gasteiger partial charge in [0.15, 0.2) is 11.5 Å². The largest absolute Gasteiger partial charge is 0.367 e. The SMILES string of the molecule is O=C(Nc1cccnc1)c1nnc(N2CCN(c3ccccc3Cl)CC2)c2ccccc12. The average molecular weight is 445 g/mol. The summed E-state index contributed by atoms with van der Waals surface area (Å²) in [6.45, 7) is 3.21. The minimum atomic E-state index is -0.309. The van der Waals surface area contributed by atoms with Gasteiger partial charge in [0.1, 0.15) is 0 Å². The van der Waals surface area contributed by atoms with Crippen molar-refractivity contribution >= 4 is 45.5 Å². The summed E-state index contributed by atoms with van der Waals surface area (Å²) in [5.74, 6) is 0.481. The number of anilines is 3. The monoisotopic (exact) mass is 444 g/mol. The molecule has 0 radical (unpaired) electrons. The number of fused-ring (bicyclic) bond motifs is 1. The first-order chi connectivity index (χ1) is 15.7. The number of aromatic nitrogens is 3. The highest BCUT2D eigenvalue weighted by Crippen LogP contribution is 2.30. The highest BCUT2D eigenvalue weighted by Gasteiger charge is 2.23. The maximum absolute atomic E-state index is 12.9. The van der Waals surface area contributed by atoms with Crippen molar-refractivity contribution < 1.29 is 4.79 Å². The molecule has 160 valence electrons. The quantitative estimate of drug-likeness (QED) is 0.507. The summed E-state index contributed by atoms with van der Waals surface area (Å²) in [4.78, 5) is 21.4. The van der Waals surface area contributed by atoms with Gasteiger partial charge in [-0.15, -0.1) is 10.2 Å². The Morgan fingerprint density at radius 2 is 1.56 bits per heavy atom. The second-order valence-electron chi connectivity index (χ2n) is 7.54. The summed E-state index contributed by atoms with van der Waals surface area (Å²) >= 11 is 6.37. The molecular weight excluding hydrogens is 424 g/mol. The Hall–Kier alpha value is -3.71. The number of carbonyl (C=O) groups is 1. The van der Waals surface area contributed by atoms with Crippen molar-refractivity contribution in [3.05, 3.63) is 83.8 Å². The number of amides is 1. The molecule has 1 amide bonds. The van der Waals surface area contributed by atoms with Gasteiger partial charge < -0.3 is 15.1 Å². The summed E-state index contributed by atoms with van der Waals surface area (Å²) in [7, 11) is 0. The van der Waals surface area contributed by atoms with Gasteiger partial charge in [0.05, 0.1) is 22.6 Å². The van der Waals surface area contributed by atoms with E-state index in [1.165, 1.54) is 0 Å². The average Bonchev–Trinajstić information content (AvgIpc) is 2.84. The molecule has 7 nitrogen and oxygen atoms in total. The molecule has 3 heterocycles. The van der Waals surface area contributed by atoms with E-state index < -0.39 is 0 Å². The van der Waals surface area contributed by atoms with Gasteiger partial charge >= 0.3 is 0 Å². The third-order valence-corrected chi connectivity index (χ3v) is 5.89. The van der Waals surface area contributed by atoms with Gasteiger partial charge in [-0.2, -0.15) is 0 Å². The van der Waals surface area contributed by atoms with Crippen LogP contribution in [-0.4, -0.2) is 47.3 Å². The van der Waals surface area contributed by atoms with Crippen LogP contribution in [0.25, 0.3) is 10.8 Å². The van der Waals surface area contributed by atoms with Crippen LogP contribution in [0.4, 0.5) is 17.2 Å². The van der Waals surface area contributed by atoms with E-state index in [0.717, 1.165) is 53.5 Å². The maximum atomic E-state index is 12.9. The van der Waals surface area contributed by atoms with Crippen molar-refractivity contribution in [2.75, 3.05) is 41.3 Å². The number of benzene rings is 2. The Balaban J connectivity index is 1.40. The van der Waals surface area contributed by atoms with Crippen molar-refractivity contribution in [3.8, 4) is 0 Å². The molecule has 2 aromatic heterocycles. The first-order valence-electron chi connectivity index (χ1n) is 10.4. The molecule has 0 spiro atoms. The smallest absolute Gasteiger partial charge is 0.276 e. The predicted molar refractivity (Wildman–Crippen MR) is 128 cm³/mol. The Kier molecular flexibility index (Phi) is 5.56. The molecule has 0 saturated carbocycles. The highest BCUT2D eigenvalue weighted by atomic mass is 35.5. The summed E-state index contributed by atoms with van der Waals surface area (Å²) in [5.41, 5.74) is 1.96. The van der Waals surface area contributed by atoms with Gasteiger partial charge in [0.2, 0.25) is 0 Å². The lowest BCUT2D eigenvalue weighted by Gasteiger charge is -2.37. The Labute approximate surface area is 190 Å². The minimum absolute atomic E-state index is 0.294. The Morgan fingerprint density at radius 1 is 0.844 bits per heavy atom. The minimum Gasteiger partial charge on any atom is -0.367 e. The van der Waals surface area contributed by atoms with Gasteiger partial charge in [-0.05, 0) is 24.3 Å². The lowest BCUT2D eigenvalue weighted by Crippen LogP contribution is -2.47. The maximum Gasteiger partial charge on any atom is 0.276 e. The van der Waals surface area contributed by atoms with E-state index in [1.54, 1.807) is 24.5 Å². The molecular formula is C24H21ClN6O. The normalized spacial score (nSPS) is 13.9. The molecule has 0 bridgehead atoms. The van der Waals surface area contributed by atoms with Gasteiger partial charge in [0.25, 0.3) is 5.91 Å². The number of carbonyl (C=O) groups excluding carboxylic acids is 1. The fraction of sp³-hybridized carbons (Fsp3) is 0.167. The number of pyridine rings is 1. The standard InChI is InChI=1S/C24H21ClN6O/c25-20-9-3-4-10-21(20)30-12-14-31(15-13-30)23-19-8-2-1-7-18(19)22(28-29-23)24(32)27-17-6-5-11-26-16-17/h1-11,16H,12-15H2,(H,27,32). The second-order valence-corrected chi connectivity index (χ2v) is 7.95. The third-order valence-electron chi connectivity index (χ3n) is 5.57. The van der Waals surface area contributed by atoms with E-state index in [-0.39, 0.29) is 5.91 Å². The summed E-state index contributed by atoms with van der Waals surface area (Å²) in [6, 6.07) is 19.2. The van der Waals surface area contributed by atoms with Crippen LogP contribution in [-0.2, 0) is 0 Å². The lowest BCUT2D eigenvalue weighted by atomic mass is 10.1. The summed E-state index contributed by atoms with van der Waals surface area (Å²) in [6.07, 6.45) is 3.26. The molecule has 1 aliphatic rings. The van der Waals surface area contributed by atoms with Crippen molar-refractivity contribution in [2.45, 2.75) is 0 Å². The number of halogens is 1. The van der Waals surface area contributed by atoms with Crippen LogP contribution in [0, 0.1) is 0 Å². The zero-order valence-corrected chi connectivity index (χ0v) is 18.0. The lowest BCUT2D eigenvalue weighted by molar-refractivity contribution is 0.102. The number of hydrogen-bond acceptors (Lipinski definition) is 6. The van der Waals surface area contributed by atoms with Crippen LogP contribution in [0.1, 0.15) is 10.5 Å². The number of nitrogens with zero attached hydrogens (tertiary/aromatic N) is 5. The first kappa shape index (κ1) is 20.2. The Bertz CT molecular complexity index is 1260. The molecule has 0 unspecified atom stereocenters. The van der Waals surface area contributed by atoms with E-state index >= 15 is 0 Å². The molecule has 1 fully saturated rings. The molecule has 0 atom stereocenters. The zero-order chi connectivity index (χ0) is 21.9. The van der Waals surface area contributed by atoms with Crippen LogP contribution < -0.4 is 15.1 Å². The fourth-order valence-corrected chi connectivity index (χ4v) is 4.24. The van der Waals surface area contributed by atoms with Crippen molar-refractivity contribution in [1.82, 2.24) is 15.2 Å². The molecule has 1 N–H and O–H groups in total. The number of rotatable bonds is 4. The topological polar surface area (TPSA) is 74.2 Å². The van der Waals surface area contributed by atoms with Crippen LogP contribution in [0.5, 0.6) is 0 Å². The first-order valence-corrected chi connectivity index (χ1v) is 10.8. The number of para-hydroxylation sites is 1. The molecule has 32 heavy (non-hydrogen) atoms. The molecule has 0 aliphatic carbocycles. The van der Waals surface area contributed by atoms with Gasteiger partial charge in [-0.1, -0.05) is 48.0 Å². The van der Waals surface area contributed by atoms with Gasteiger partial charge in [-0.3, -0.25) is 9.78 Å². The number of hydrogen-bond donors (Lipinski definition) is 1.